The van der Waals surface area contributed by atoms with Crippen molar-refractivity contribution < 1.29 is 24.2 Å². The van der Waals surface area contributed by atoms with Gasteiger partial charge in [0.25, 0.3) is 0 Å². The topological polar surface area (TPSA) is 126 Å². The molecular weight excluding hydrogens is 652 g/mol. The van der Waals surface area contributed by atoms with Gasteiger partial charge in [-0.05, 0) is 96.5 Å². The number of benzene rings is 5. The van der Waals surface area contributed by atoms with Gasteiger partial charge in [-0.15, -0.1) is 0 Å². The third-order valence-electron chi connectivity index (χ3n) is 9.08. The largest absolute Gasteiger partial charge is 0.497 e. The van der Waals surface area contributed by atoms with Gasteiger partial charge in [-0.1, -0.05) is 84.9 Å². The summed E-state index contributed by atoms with van der Waals surface area (Å²) in [5.74, 6) is 0.760. The number of methoxy groups -OCH3 is 2. The summed E-state index contributed by atoms with van der Waals surface area (Å²) in [5, 5.41) is 15.3. The van der Waals surface area contributed by atoms with Gasteiger partial charge in [0.05, 0.1) is 32.9 Å². The lowest BCUT2D eigenvalue weighted by Crippen LogP contribution is -2.50. The summed E-state index contributed by atoms with van der Waals surface area (Å²) in [7, 11) is 3.26. The first-order valence-electron chi connectivity index (χ1n) is 17.6. The molecule has 2 atom stereocenters. The van der Waals surface area contributed by atoms with Gasteiger partial charge >= 0.3 is 0 Å². The van der Waals surface area contributed by atoms with Crippen molar-refractivity contribution in [1.82, 2.24) is 5.32 Å². The van der Waals surface area contributed by atoms with Crippen LogP contribution in [0, 0.1) is 0 Å². The minimum absolute atomic E-state index is 0.0626. The smallest absolute Gasteiger partial charge is 0.246 e. The van der Waals surface area contributed by atoms with Crippen LogP contribution in [0.1, 0.15) is 47.6 Å². The highest BCUT2D eigenvalue weighted by atomic mass is 16.5. The number of hydrogen-bond donors (Lipinski definition) is 4. The molecule has 0 saturated carbocycles. The molecule has 52 heavy (non-hydrogen) atoms. The van der Waals surface area contributed by atoms with E-state index in [4.69, 9.17) is 15.2 Å². The third-order valence-corrected chi connectivity index (χ3v) is 9.08. The van der Waals surface area contributed by atoms with Crippen LogP contribution < -0.4 is 30.7 Å². The first kappa shape index (κ1) is 37.6. The zero-order valence-corrected chi connectivity index (χ0v) is 29.8. The van der Waals surface area contributed by atoms with E-state index in [-0.39, 0.29) is 18.6 Å². The summed E-state index contributed by atoms with van der Waals surface area (Å²) in [5.41, 5.74) is 11.9. The number of amides is 2. The minimum atomic E-state index is -0.851. The van der Waals surface area contributed by atoms with Crippen LogP contribution in [0.25, 0.3) is 0 Å². The van der Waals surface area contributed by atoms with E-state index in [1.807, 2.05) is 48.5 Å². The molecule has 0 aliphatic heterocycles. The standard InChI is InChI=1S/C43H48N4O5/c1-51-37-24-18-31(19-25-37)29-39(44)42(49)46-40(43(50)45-35-20-16-32(30-48)17-21-35)15-9-10-28-47(36-22-26-38(52-2)27-23-36)41(33-11-5-3-6-12-33)34-13-7-4-8-14-34/h3-8,11-14,16-27,39-41,48H,9-10,15,28-30,44H2,1-2H3,(H,45,50)(H,46,49). The number of anilines is 2. The maximum absolute atomic E-state index is 13.7. The van der Waals surface area contributed by atoms with Crippen molar-refractivity contribution in [2.75, 3.05) is 31.0 Å². The van der Waals surface area contributed by atoms with Crippen LogP contribution in [0.2, 0.25) is 0 Å². The van der Waals surface area contributed by atoms with Crippen LogP contribution >= 0.6 is 0 Å². The molecule has 9 nitrogen and oxygen atoms in total. The number of hydrogen-bond acceptors (Lipinski definition) is 7. The number of unbranched alkanes of at least 4 members (excludes halogenated alkanes) is 1. The first-order valence-corrected chi connectivity index (χ1v) is 17.6. The van der Waals surface area contributed by atoms with Crippen LogP contribution in [0.3, 0.4) is 0 Å². The summed E-state index contributed by atoms with van der Waals surface area (Å²) in [6.07, 6.45) is 2.10. The maximum Gasteiger partial charge on any atom is 0.246 e. The number of carbonyl (C=O) groups is 2. The number of aliphatic hydroxyl groups excluding tert-OH is 1. The molecule has 5 rings (SSSR count). The predicted molar refractivity (Wildman–Crippen MR) is 207 cm³/mol. The Kier molecular flexibility index (Phi) is 13.8. The zero-order valence-electron chi connectivity index (χ0n) is 29.8. The van der Waals surface area contributed by atoms with E-state index in [0.717, 1.165) is 45.9 Å². The van der Waals surface area contributed by atoms with Crippen LogP contribution in [-0.4, -0.2) is 49.8 Å². The lowest BCUT2D eigenvalue weighted by molar-refractivity contribution is -0.127. The normalized spacial score (nSPS) is 12.1. The van der Waals surface area contributed by atoms with Crippen molar-refractivity contribution in [2.45, 2.75) is 50.4 Å². The van der Waals surface area contributed by atoms with E-state index in [9.17, 15) is 14.7 Å². The Balaban J connectivity index is 1.33. The molecule has 0 radical (unpaired) electrons. The SMILES string of the molecule is COc1ccc(CC(N)C(=O)NC(CCCCN(c2ccc(OC)cc2)C(c2ccccc2)c2ccccc2)C(=O)Nc2ccc(CO)cc2)cc1. The van der Waals surface area contributed by atoms with Crippen LogP contribution in [-0.2, 0) is 22.6 Å². The summed E-state index contributed by atoms with van der Waals surface area (Å²) in [6, 6.07) is 41.5. The summed E-state index contributed by atoms with van der Waals surface area (Å²) in [4.78, 5) is 29.5. The van der Waals surface area contributed by atoms with Crippen molar-refractivity contribution in [2.24, 2.45) is 5.73 Å². The Morgan fingerprint density at radius 2 is 1.23 bits per heavy atom. The molecule has 9 heteroatoms. The first-order chi connectivity index (χ1) is 25.4. The Morgan fingerprint density at radius 3 is 1.77 bits per heavy atom. The highest BCUT2D eigenvalue weighted by Crippen LogP contribution is 2.34. The molecule has 0 saturated heterocycles. The summed E-state index contributed by atoms with van der Waals surface area (Å²) < 4.78 is 10.7. The van der Waals surface area contributed by atoms with Gasteiger partial charge in [0.1, 0.15) is 17.5 Å². The molecule has 5 aromatic carbocycles. The Labute approximate surface area is 306 Å². The monoisotopic (exact) mass is 700 g/mol. The summed E-state index contributed by atoms with van der Waals surface area (Å²) in [6.45, 7) is 0.588. The van der Waals surface area contributed by atoms with Crippen molar-refractivity contribution in [3.63, 3.8) is 0 Å². The molecule has 2 amide bonds. The van der Waals surface area contributed by atoms with Crippen LogP contribution in [0.5, 0.6) is 11.5 Å². The second-order valence-electron chi connectivity index (χ2n) is 12.7. The average Bonchev–Trinajstić information content (AvgIpc) is 3.19. The minimum Gasteiger partial charge on any atom is -0.497 e. The van der Waals surface area contributed by atoms with Gasteiger partial charge in [0.2, 0.25) is 11.8 Å². The fourth-order valence-electron chi connectivity index (χ4n) is 6.21. The second-order valence-corrected chi connectivity index (χ2v) is 12.7. The molecule has 0 bridgehead atoms. The number of carbonyl (C=O) groups excluding carboxylic acids is 2. The fraction of sp³-hybridized carbons (Fsp3) is 0.256. The number of ether oxygens (including phenoxy) is 2. The Morgan fingerprint density at radius 1 is 0.692 bits per heavy atom. The molecule has 0 aromatic heterocycles. The number of nitrogens with one attached hydrogen (secondary N) is 2. The van der Waals surface area contributed by atoms with Crippen molar-refractivity contribution in [3.05, 3.63) is 156 Å². The highest BCUT2D eigenvalue weighted by molar-refractivity contribution is 5.97. The van der Waals surface area contributed by atoms with Gasteiger partial charge in [0.15, 0.2) is 0 Å². The second kappa shape index (κ2) is 19.1. The zero-order chi connectivity index (χ0) is 36.7. The van der Waals surface area contributed by atoms with Crippen LogP contribution in [0.4, 0.5) is 11.4 Å². The van der Waals surface area contributed by atoms with Gasteiger partial charge < -0.3 is 35.8 Å². The molecule has 0 heterocycles. The van der Waals surface area contributed by atoms with Gasteiger partial charge in [-0.3, -0.25) is 9.59 Å². The van der Waals surface area contributed by atoms with E-state index < -0.39 is 18.0 Å². The molecule has 270 valence electrons. The highest BCUT2D eigenvalue weighted by Gasteiger charge is 2.26. The van der Waals surface area contributed by atoms with Crippen LogP contribution in [0.15, 0.2) is 133 Å². The van der Waals surface area contributed by atoms with Gasteiger partial charge in [-0.2, -0.15) is 0 Å². The average molecular weight is 701 g/mol. The number of aliphatic hydroxyl groups is 1. The molecular formula is C43H48N4O5. The molecule has 0 fully saturated rings. The third kappa shape index (κ3) is 10.4. The van der Waals surface area contributed by atoms with E-state index in [1.54, 1.807) is 38.5 Å². The van der Waals surface area contributed by atoms with E-state index >= 15 is 0 Å². The maximum atomic E-state index is 13.7. The van der Waals surface area contributed by atoms with E-state index in [2.05, 4.69) is 76.2 Å². The molecule has 0 aliphatic carbocycles. The molecule has 5 N–H and O–H groups in total. The molecule has 5 aromatic rings. The van der Waals surface area contributed by atoms with Crippen molar-refractivity contribution in [3.8, 4) is 11.5 Å². The lowest BCUT2D eigenvalue weighted by Gasteiger charge is -2.35. The van der Waals surface area contributed by atoms with E-state index in [1.165, 1.54) is 0 Å². The predicted octanol–water partition coefficient (Wildman–Crippen LogP) is 6.66. The molecule has 0 aliphatic rings. The van der Waals surface area contributed by atoms with Gasteiger partial charge in [-0.25, -0.2) is 0 Å². The Hall–Kier alpha value is -5.64. The number of rotatable bonds is 18. The fourth-order valence-corrected chi connectivity index (χ4v) is 6.21. The van der Waals surface area contributed by atoms with E-state index in [0.29, 0.717) is 31.5 Å². The molecule has 2 unspecified atom stereocenters. The lowest BCUT2D eigenvalue weighted by atomic mass is 9.95. The summed E-state index contributed by atoms with van der Waals surface area (Å²) >= 11 is 0. The number of nitrogens with zero attached hydrogens (tertiary/aromatic N) is 1. The number of nitrogens with two attached hydrogens (primary N) is 1. The van der Waals surface area contributed by atoms with Crippen molar-refractivity contribution >= 4 is 23.2 Å². The quantitative estimate of drug-likeness (QED) is 0.0754. The van der Waals surface area contributed by atoms with Gasteiger partial charge in [0, 0.05) is 17.9 Å². The molecule has 0 spiro atoms. The van der Waals surface area contributed by atoms with Crippen molar-refractivity contribution in [1.29, 1.82) is 0 Å². The Bertz CT molecular complexity index is 1780.